The minimum Gasteiger partial charge on any atom is -0.369 e. The minimum atomic E-state index is -3.55. The zero-order chi connectivity index (χ0) is 10.1. The van der Waals surface area contributed by atoms with E-state index in [9.17, 15) is 8.42 Å². The third-order valence-corrected chi connectivity index (χ3v) is 5.06. The summed E-state index contributed by atoms with van der Waals surface area (Å²) in [6.45, 7) is 1.87. The first kappa shape index (κ1) is 10.9. The lowest BCUT2D eigenvalue weighted by molar-refractivity contribution is 0.342. The second-order valence-electron chi connectivity index (χ2n) is 2.65. The molecule has 1 rings (SSSR count). The molecule has 1 aromatic rings. The molecule has 1 N–H and O–H groups in total. The van der Waals surface area contributed by atoms with Crippen molar-refractivity contribution >= 4 is 32.4 Å². The molecule has 1 unspecified atom stereocenters. The Morgan fingerprint density at radius 3 is 2.15 bits per heavy atom. The average Bonchev–Trinajstić information content (AvgIpc) is 2.04. The number of hydrogen-bond donors (Lipinski definition) is 1. The van der Waals surface area contributed by atoms with E-state index in [-0.39, 0.29) is 4.90 Å². The standard InChI is InChI=1S/C8H9IO3S/c1-6-2-4-7(5-3-6)13(11,12)8(9)10/h2-5,8,10H,1H3. The minimum absolute atomic E-state index is 0.153. The summed E-state index contributed by atoms with van der Waals surface area (Å²) >= 11 is 1.46. The number of aliphatic hydroxyl groups excluding tert-OH is 1. The Labute approximate surface area is 90.8 Å². The fourth-order valence-corrected chi connectivity index (χ4v) is 2.46. The van der Waals surface area contributed by atoms with Crippen LogP contribution >= 0.6 is 22.6 Å². The molecule has 0 radical (unpaired) electrons. The van der Waals surface area contributed by atoms with Crippen LogP contribution in [0.1, 0.15) is 5.56 Å². The molecule has 13 heavy (non-hydrogen) atoms. The van der Waals surface area contributed by atoms with Crippen molar-refractivity contribution in [1.29, 1.82) is 0 Å². The summed E-state index contributed by atoms with van der Waals surface area (Å²) in [4.78, 5) is 0.153. The molecule has 0 spiro atoms. The van der Waals surface area contributed by atoms with E-state index in [1.54, 1.807) is 12.1 Å². The zero-order valence-corrected chi connectivity index (χ0v) is 9.91. The predicted molar refractivity (Wildman–Crippen MR) is 58.4 cm³/mol. The van der Waals surface area contributed by atoms with Crippen LogP contribution in [0.15, 0.2) is 29.2 Å². The highest BCUT2D eigenvalue weighted by molar-refractivity contribution is 14.1. The monoisotopic (exact) mass is 312 g/mol. The molecule has 0 saturated heterocycles. The average molecular weight is 312 g/mol. The van der Waals surface area contributed by atoms with Gasteiger partial charge in [-0.05, 0) is 41.6 Å². The molecular weight excluding hydrogens is 303 g/mol. The van der Waals surface area contributed by atoms with Crippen molar-refractivity contribution in [3.63, 3.8) is 0 Å². The Kier molecular flexibility index (Phi) is 3.31. The van der Waals surface area contributed by atoms with E-state index >= 15 is 0 Å². The Hall–Kier alpha value is -0.140. The van der Waals surface area contributed by atoms with Gasteiger partial charge in [0.05, 0.1) is 4.90 Å². The van der Waals surface area contributed by atoms with Crippen molar-refractivity contribution in [2.24, 2.45) is 0 Å². The molecular formula is C8H9IO3S. The van der Waals surface area contributed by atoms with E-state index in [0.29, 0.717) is 0 Å². The molecule has 0 heterocycles. The molecule has 0 fully saturated rings. The molecule has 0 aliphatic carbocycles. The number of aliphatic hydroxyl groups is 1. The highest BCUT2D eigenvalue weighted by Gasteiger charge is 2.21. The normalized spacial score (nSPS) is 14.1. The van der Waals surface area contributed by atoms with E-state index in [1.807, 2.05) is 6.92 Å². The van der Waals surface area contributed by atoms with Crippen LogP contribution in [0.4, 0.5) is 0 Å². The van der Waals surface area contributed by atoms with Crippen molar-refractivity contribution < 1.29 is 13.5 Å². The Morgan fingerprint density at radius 1 is 1.31 bits per heavy atom. The van der Waals surface area contributed by atoms with Gasteiger partial charge in [0.25, 0.3) is 0 Å². The molecule has 1 aromatic carbocycles. The number of hydrogen-bond acceptors (Lipinski definition) is 3. The second-order valence-corrected chi connectivity index (χ2v) is 6.68. The Bertz CT molecular complexity index is 380. The molecule has 5 heteroatoms. The summed E-state index contributed by atoms with van der Waals surface area (Å²) in [6.07, 6.45) is 0. The molecule has 3 nitrogen and oxygen atoms in total. The van der Waals surface area contributed by atoms with Gasteiger partial charge < -0.3 is 5.11 Å². The SMILES string of the molecule is Cc1ccc(S(=O)(=O)C(O)I)cc1. The maximum Gasteiger partial charge on any atom is 0.214 e. The largest absolute Gasteiger partial charge is 0.369 e. The quantitative estimate of drug-likeness (QED) is 0.665. The van der Waals surface area contributed by atoms with Gasteiger partial charge in [-0.1, -0.05) is 17.7 Å². The van der Waals surface area contributed by atoms with Crippen molar-refractivity contribution in [3.05, 3.63) is 29.8 Å². The highest BCUT2D eigenvalue weighted by atomic mass is 127. The van der Waals surface area contributed by atoms with Gasteiger partial charge in [-0.3, -0.25) is 0 Å². The van der Waals surface area contributed by atoms with Gasteiger partial charge in [-0.15, -0.1) is 0 Å². The maximum atomic E-state index is 11.4. The van der Waals surface area contributed by atoms with Gasteiger partial charge in [0, 0.05) is 0 Å². The van der Waals surface area contributed by atoms with E-state index in [0.717, 1.165) is 5.56 Å². The lowest BCUT2D eigenvalue weighted by atomic mass is 10.2. The van der Waals surface area contributed by atoms with Crippen LogP contribution in [0.5, 0.6) is 0 Å². The second kappa shape index (κ2) is 3.93. The number of alkyl halides is 1. The van der Waals surface area contributed by atoms with Crippen LogP contribution in [0.25, 0.3) is 0 Å². The van der Waals surface area contributed by atoms with Crippen molar-refractivity contribution in [2.75, 3.05) is 0 Å². The van der Waals surface area contributed by atoms with Gasteiger partial charge in [0.2, 0.25) is 13.3 Å². The van der Waals surface area contributed by atoms with Gasteiger partial charge in [-0.25, -0.2) is 8.42 Å². The molecule has 0 saturated carbocycles. The fraction of sp³-hybridized carbons (Fsp3) is 0.250. The lowest BCUT2D eigenvalue weighted by Gasteiger charge is -2.05. The summed E-state index contributed by atoms with van der Waals surface area (Å²) in [5.41, 5.74) is 0.988. The van der Waals surface area contributed by atoms with Crippen molar-refractivity contribution in [3.8, 4) is 0 Å². The summed E-state index contributed by atoms with van der Waals surface area (Å²) in [5.74, 6) is 0. The van der Waals surface area contributed by atoms with E-state index in [4.69, 9.17) is 5.11 Å². The first-order chi connectivity index (χ1) is 5.94. The Balaban J connectivity index is 3.17. The number of halogens is 1. The van der Waals surface area contributed by atoms with Crippen LogP contribution in [0.3, 0.4) is 0 Å². The van der Waals surface area contributed by atoms with Gasteiger partial charge >= 0.3 is 0 Å². The number of rotatable bonds is 2. The first-order valence-corrected chi connectivity index (χ1v) is 6.36. The third kappa shape index (κ3) is 2.41. The smallest absolute Gasteiger partial charge is 0.214 e. The predicted octanol–water partition coefficient (Wildman–Crippen LogP) is 1.48. The molecule has 0 aliphatic heterocycles. The highest BCUT2D eigenvalue weighted by Crippen LogP contribution is 2.18. The summed E-state index contributed by atoms with van der Waals surface area (Å²) in [6, 6.07) is 6.39. The number of benzene rings is 1. The maximum absolute atomic E-state index is 11.4. The van der Waals surface area contributed by atoms with Gasteiger partial charge in [0.1, 0.15) is 0 Å². The van der Waals surface area contributed by atoms with Crippen LogP contribution in [0.2, 0.25) is 0 Å². The zero-order valence-electron chi connectivity index (χ0n) is 6.94. The van der Waals surface area contributed by atoms with Crippen LogP contribution in [0, 0.1) is 6.92 Å². The van der Waals surface area contributed by atoms with Gasteiger partial charge in [0.15, 0.2) is 0 Å². The van der Waals surface area contributed by atoms with Crippen molar-refractivity contribution in [1.82, 2.24) is 0 Å². The Morgan fingerprint density at radius 2 is 1.77 bits per heavy atom. The molecule has 1 atom stereocenters. The fourth-order valence-electron chi connectivity index (χ4n) is 0.840. The summed E-state index contributed by atoms with van der Waals surface area (Å²) in [5, 5.41) is 9.00. The van der Waals surface area contributed by atoms with E-state index in [2.05, 4.69) is 0 Å². The summed E-state index contributed by atoms with van der Waals surface area (Å²) < 4.78 is 21.4. The topological polar surface area (TPSA) is 54.4 Å². The molecule has 0 amide bonds. The van der Waals surface area contributed by atoms with E-state index in [1.165, 1.54) is 34.7 Å². The number of sulfone groups is 1. The molecule has 0 aromatic heterocycles. The first-order valence-electron chi connectivity index (χ1n) is 3.57. The lowest BCUT2D eigenvalue weighted by Crippen LogP contribution is -2.13. The molecule has 72 valence electrons. The van der Waals surface area contributed by atoms with Crippen molar-refractivity contribution in [2.45, 2.75) is 15.3 Å². The van der Waals surface area contributed by atoms with Crippen LogP contribution in [-0.2, 0) is 9.84 Å². The number of aryl methyl sites for hydroxylation is 1. The van der Waals surface area contributed by atoms with Crippen LogP contribution < -0.4 is 0 Å². The summed E-state index contributed by atoms with van der Waals surface area (Å²) in [7, 11) is -3.55. The van der Waals surface area contributed by atoms with Gasteiger partial charge in [-0.2, -0.15) is 0 Å². The van der Waals surface area contributed by atoms with Crippen LogP contribution in [-0.4, -0.2) is 17.0 Å². The third-order valence-electron chi connectivity index (χ3n) is 1.61. The molecule has 0 bridgehead atoms. The van der Waals surface area contributed by atoms with E-state index < -0.39 is 13.3 Å². The molecule has 0 aliphatic rings.